The van der Waals surface area contributed by atoms with Crippen LogP contribution >= 0.6 is 0 Å². The van der Waals surface area contributed by atoms with Crippen LogP contribution < -0.4 is 0 Å². The second-order valence-corrected chi connectivity index (χ2v) is 4.99. The predicted octanol–water partition coefficient (Wildman–Crippen LogP) is 4.22. The number of rotatable bonds is 1. The van der Waals surface area contributed by atoms with Gasteiger partial charge in [-0.1, -0.05) is 56.0 Å². The molecule has 0 atom stereocenters. The zero-order valence-electron chi connectivity index (χ0n) is 9.34. The lowest BCUT2D eigenvalue weighted by atomic mass is 9.71. The molecule has 76 valence electrons. The smallest absolute Gasteiger partial charge is 0.00752 e. The maximum atomic E-state index is 2.43. The Labute approximate surface area is 87.3 Å². The standard InChI is InChI=1S/C14H20/c1-12-7-6-8-13(11-12)14(2)9-4-3-5-10-14/h6-8,11H,3-5,9-10H2,1-2H3. The summed E-state index contributed by atoms with van der Waals surface area (Å²) in [6.45, 7) is 4.62. The van der Waals surface area contributed by atoms with Gasteiger partial charge in [-0.15, -0.1) is 0 Å². The van der Waals surface area contributed by atoms with E-state index in [1.807, 2.05) is 0 Å². The van der Waals surface area contributed by atoms with Crippen molar-refractivity contribution in [2.24, 2.45) is 0 Å². The third-order valence-corrected chi connectivity index (χ3v) is 3.67. The highest BCUT2D eigenvalue weighted by atomic mass is 14.3. The molecule has 1 fully saturated rings. The Morgan fingerprint density at radius 3 is 2.43 bits per heavy atom. The minimum Gasteiger partial charge on any atom is -0.0617 e. The second-order valence-electron chi connectivity index (χ2n) is 4.99. The lowest BCUT2D eigenvalue weighted by Gasteiger charge is -2.34. The van der Waals surface area contributed by atoms with Gasteiger partial charge in [0.05, 0.1) is 0 Å². The Morgan fingerprint density at radius 1 is 1.07 bits per heavy atom. The van der Waals surface area contributed by atoms with Crippen molar-refractivity contribution >= 4 is 0 Å². The van der Waals surface area contributed by atoms with Crippen LogP contribution in [-0.2, 0) is 5.41 Å². The summed E-state index contributed by atoms with van der Waals surface area (Å²) in [6.07, 6.45) is 6.99. The minimum atomic E-state index is 0.463. The third kappa shape index (κ3) is 1.84. The van der Waals surface area contributed by atoms with Crippen LogP contribution in [0.4, 0.5) is 0 Å². The van der Waals surface area contributed by atoms with E-state index in [-0.39, 0.29) is 0 Å². The molecule has 1 saturated carbocycles. The topological polar surface area (TPSA) is 0 Å². The summed E-state index contributed by atoms with van der Waals surface area (Å²) in [5, 5.41) is 0. The summed E-state index contributed by atoms with van der Waals surface area (Å²) in [6, 6.07) is 9.06. The van der Waals surface area contributed by atoms with Gasteiger partial charge in [-0.25, -0.2) is 0 Å². The molecule has 0 aliphatic heterocycles. The van der Waals surface area contributed by atoms with Gasteiger partial charge in [-0.3, -0.25) is 0 Å². The second kappa shape index (κ2) is 3.76. The van der Waals surface area contributed by atoms with E-state index in [4.69, 9.17) is 0 Å². The largest absolute Gasteiger partial charge is 0.0617 e. The average molecular weight is 188 g/mol. The van der Waals surface area contributed by atoms with E-state index < -0.39 is 0 Å². The molecule has 1 aromatic carbocycles. The maximum absolute atomic E-state index is 2.43. The van der Waals surface area contributed by atoms with E-state index in [0.29, 0.717) is 5.41 Å². The molecule has 0 radical (unpaired) electrons. The molecule has 1 aromatic rings. The highest BCUT2D eigenvalue weighted by Gasteiger charge is 2.28. The number of aryl methyl sites for hydroxylation is 1. The molecule has 1 aliphatic carbocycles. The van der Waals surface area contributed by atoms with E-state index in [9.17, 15) is 0 Å². The molecule has 0 saturated heterocycles. The van der Waals surface area contributed by atoms with Crippen molar-refractivity contribution < 1.29 is 0 Å². The van der Waals surface area contributed by atoms with Gasteiger partial charge in [0.25, 0.3) is 0 Å². The summed E-state index contributed by atoms with van der Waals surface area (Å²) < 4.78 is 0. The van der Waals surface area contributed by atoms with Crippen molar-refractivity contribution in [2.45, 2.75) is 51.4 Å². The van der Waals surface area contributed by atoms with Crippen LogP contribution in [0.1, 0.15) is 50.2 Å². The van der Waals surface area contributed by atoms with Crippen LogP contribution in [0.5, 0.6) is 0 Å². The molecule has 0 heteroatoms. The normalized spacial score (nSPS) is 20.7. The van der Waals surface area contributed by atoms with Gasteiger partial charge in [0.1, 0.15) is 0 Å². The molecule has 14 heavy (non-hydrogen) atoms. The van der Waals surface area contributed by atoms with E-state index in [0.717, 1.165) is 0 Å². The molecule has 0 N–H and O–H groups in total. The summed E-state index contributed by atoms with van der Waals surface area (Å²) in [7, 11) is 0. The number of benzene rings is 1. The first-order valence-electron chi connectivity index (χ1n) is 5.78. The van der Waals surface area contributed by atoms with Crippen molar-refractivity contribution in [2.75, 3.05) is 0 Å². The Balaban J connectivity index is 2.28. The zero-order valence-corrected chi connectivity index (χ0v) is 9.34. The fraction of sp³-hybridized carbons (Fsp3) is 0.571. The van der Waals surface area contributed by atoms with Gasteiger partial charge < -0.3 is 0 Å². The Hall–Kier alpha value is -0.780. The summed E-state index contributed by atoms with van der Waals surface area (Å²) in [5.74, 6) is 0. The van der Waals surface area contributed by atoms with Crippen LogP contribution in [-0.4, -0.2) is 0 Å². The van der Waals surface area contributed by atoms with E-state index >= 15 is 0 Å². The zero-order chi connectivity index (χ0) is 10.0. The van der Waals surface area contributed by atoms with Crippen LogP contribution in [0.3, 0.4) is 0 Å². The van der Waals surface area contributed by atoms with Crippen molar-refractivity contribution in [3.63, 3.8) is 0 Å². The van der Waals surface area contributed by atoms with Crippen molar-refractivity contribution in [3.8, 4) is 0 Å². The monoisotopic (exact) mass is 188 g/mol. The highest BCUT2D eigenvalue weighted by molar-refractivity contribution is 5.29. The summed E-state index contributed by atoms with van der Waals surface area (Å²) >= 11 is 0. The van der Waals surface area contributed by atoms with Gasteiger partial charge in [-0.2, -0.15) is 0 Å². The summed E-state index contributed by atoms with van der Waals surface area (Å²) in [4.78, 5) is 0. The van der Waals surface area contributed by atoms with Gasteiger partial charge >= 0.3 is 0 Å². The van der Waals surface area contributed by atoms with E-state index in [2.05, 4.69) is 38.1 Å². The Morgan fingerprint density at radius 2 is 1.79 bits per heavy atom. The van der Waals surface area contributed by atoms with Crippen LogP contribution in [0.25, 0.3) is 0 Å². The molecule has 0 bridgehead atoms. The van der Waals surface area contributed by atoms with Crippen molar-refractivity contribution in [1.29, 1.82) is 0 Å². The molecule has 1 aliphatic rings. The highest BCUT2D eigenvalue weighted by Crippen LogP contribution is 2.38. The molecule has 0 amide bonds. The predicted molar refractivity (Wildman–Crippen MR) is 61.6 cm³/mol. The Bertz CT molecular complexity index is 306. The lowest BCUT2D eigenvalue weighted by molar-refractivity contribution is 0.319. The molecular weight excluding hydrogens is 168 g/mol. The van der Waals surface area contributed by atoms with E-state index in [1.54, 1.807) is 5.56 Å². The molecule has 2 rings (SSSR count). The minimum absolute atomic E-state index is 0.463. The molecular formula is C14H20. The average Bonchev–Trinajstić information content (AvgIpc) is 2.19. The molecule has 0 nitrogen and oxygen atoms in total. The summed E-state index contributed by atoms with van der Waals surface area (Å²) in [5.41, 5.74) is 3.41. The molecule has 0 heterocycles. The van der Waals surface area contributed by atoms with Gasteiger partial charge in [0.15, 0.2) is 0 Å². The fourth-order valence-corrected chi connectivity index (χ4v) is 2.64. The van der Waals surface area contributed by atoms with Crippen LogP contribution in [0.2, 0.25) is 0 Å². The fourth-order valence-electron chi connectivity index (χ4n) is 2.64. The quantitative estimate of drug-likeness (QED) is 0.619. The van der Waals surface area contributed by atoms with Crippen LogP contribution in [0, 0.1) is 6.92 Å². The van der Waals surface area contributed by atoms with Crippen molar-refractivity contribution in [3.05, 3.63) is 35.4 Å². The molecule has 0 spiro atoms. The first-order chi connectivity index (χ1) is 6.71. The number of hydrogen-bond acceptors (Lipinski definition) is 0. The van der Waals surface area contributed by atoms with Crippen LogP contribution in [0.15, 0.2) is 24.3 Å². The lowest BCUT2D eigenvalue weighted by Crippen LogP contribution is -2.24. The number of hydrogen-bond donors (Lipinski definition) is 0. The van der Waals surface area contributed by atoms with Gasteiger partial charge in [-0.05, 0) is 30.7 Å². The first kappa shape index (κ1) is 9.76. The Kier molecular flexibility index (Phi) is 2.62. The van der Waals surface area contributed by atoms with Gasteiger partial charge in [0, 0.05) is 0 Å². The SMILES string of the molecule is Cc1cccc(C2(C)CCCCC2)c1. The van der Waals surface area contributed by atoms with Crippen molar-refractivity contribution in [1.82, 2.24) is 0 Å². The molecule has 0 aromatic heterocycles. The third-order valence-electron chi connectivity index (χ3n) is 3.67. The maximum Gasteiger partial charge on any atom is -0.00752 e. The van der Waals surface area contributed by atoms with E-state index in [1.165, 1.54) is 37.7 Å². The molecule has 0 unspecified atom stereocenters. The van der Waals surface area contributed by atoms with Gasteiger partial charge in [0.2, 0.25) is 0 Å². The first-order valence-corrected chi connectivity index (χ1v) is 5.78.